The van der Waals surface area contributed by atoms with E-state index in [1.165, 1.54) is 7.11 Å². The summed E-state index contributed by atoms with van der Waals surface area (Å²) < 4.78 is 21.4. The molecule has 1 N–H and O–H groups in total. The maximum absolute atomic E-state index is 13.2. The molecule has 1 unspecified atom stereocenters. The summed E-state index contributed by atoms with van der Waals surface area (Å²) in [6, 6.07) is 12.5. The lowest BCUT2D eigenvalue weighted by Gasteiger charge is -2.28. The fraction of sp³-hybridized carbons (Fsp3) is 0.261. The van der Waals surface area contributed by atoms with E-state index in [-0.39, 0.29) is 5.78 Å². The summed E-state index contributed by atoms with van der Waals surface area (Å²) in [6.45, 7) is 3.63. The molecule has 0 amide bonds. The van der Waals surface area contributed by atoms with E-state index in [4.69, 9.17) is 21.2 Å². The first-order valence-electron chi connectivity index (χ1n) is 10.2. The Kier molecular flexibility index (Phi) is 7.26. The van der Waals surface area contributed by atoms with Gasteiger partial charge in [0.05, 0.1) is 37.5 Å². The number of carbonyl (C=O) groups is 1. The van der Waals surface area contributed by atoms with Crippen molar-refractivity contribution in [2.24, 2.45) is 0 Å². The SMILES string of the molecule is CON1C=C(C(=O)c2cc(Cl)ccc2NS(=O)c2ccc(N3CCOCC3)cc2)C=CC1. The Morgan fingerprint density at radius 3 is 2.62 bits per heavy atom. The van der Waals surface area contributed by atoms with Crippen molar-refractivity contribution in [2.75, 3.05) is 49.6 Å². The molecule has 0 bridgehead atoms. The average Bonchev–Trinajstić information content (AvgIpc) is 2.85. The number of Topliss-reactive ketones (excluding diaryl/α,β-unsaturated/α-hetero) is 1. The number of allylic oxidation sites excluding steroid dienone is 2. The van der Waals surface area contributed by atoms with Gasteiger partial charge in [0, 0.05) is 41.1 Å². The van der Waals surface area contributed by atoms with E-state index in [2.05, 4.69) is 9.62 Å². The summed E-state index contributed by atoms with van der Waals surface area (Å²) in [6.07, 6.45) is 5.21. The highest BCUT2D eigenvalue weighted by atomic mass is 35.5. The Bertz CT molecular complexity index is 1070. The first kappa shape index (κ1) is 22.5. The molecule has 0 spiro atoms. The third-order valence-electron chi connectivity index (χ3n) is 5.22. The number of rotatable bonds is 7. The first-order chi connectivity index (χ1) is 15.5. The largest absolute Gasteiger partial charge is 0.378 e. The molecule has 2 aliphatic rings. The van der Waals surface area contributed by atoms with Crippen LogP contribution in [0.15, 0.2) is 71.3 Å². The molecule has 0 aliphatic carbocycles. The number of ketones is 1. The number of benzene rings is 2. The van der Waals surface area contributed by atoms with Gasteiger partial charge in [0.2, 0.25) is 0 Å². The predicted octanol–water partition coefficient (Wildman–Crippen LogP) is 3.81. The third-order valence-corrected chi connectivity index (χ3v) is 6.56. The number of hydroxylamine groups is 2. The van der Waals surface area contributed by atoms with Gasteiger partial charge in [-0.25, -0.2) is 4.21 Å². The van der Waals surface area contributed by atoms with E-state index in [1.54, 1.807) is 35.5 Å². The number of nitrogens with one attached hydrogen (secondary N) is 1. The Morgan fingerprint density at radius 1 is 1.16 bits per heavy atom. The minimum Gasteiger partial charge on any atom is -0.378 e. The molecule has 168 valence electrons. The fourth-order valence-electron chi connectivity index (χ4n) is 3.51. The Morgan fingerprint density at radius 2 is 1.91 bits per heavy atom. The van der Waals surface area contributed by atoms with Gasteiger partial charge in [-0.2, -0.15) is 0 Å². The van der Waals surface area contributed by atoms with Gasteiger partial charge in [-0.3, -0.25) is 14.7 Å². The zero-order valence-electron chi connectivity index (χ0n) is 17.6. The van der Waals surface area contributed by atoms with Gasteiger partial charge < -0.3 is 14.4 Å². The summed E-state index contributed by atoms with van der Waals surface area (Å²) in [5, 5.41) is 1.97. The van der Waals surface area contributed by atoms with Crippen LogP contribution in [0.1, 0.15) is 10.4 Å². The van der Waals surface area contributed by atoms with E-state index >= 15 is 0 Å². The number of carbonyl (C=O) groups excluding carboxylic acids is 1. The van der Waals surface area contributed by atoms with Gasteiger partial charge >= 0.3 is 0 Å². The normalized spacial score (nSPS) is 17.1. The number of hydrogen-bond donors (Lipinski definition) is 1. The fourth-order valence-corrected chi connectivity index (χ4v) is 4.56. The van der Waals surface area contributed by atoms with Crippen LogP contribution in [0.4, 0.5) is 11.4 Å². The molecule has 0 saturated carbocycles. The highest BCUT2D eigenvalue weighted by Gasteiger charge is 2.20. The van der Waals surface area contributed by atoms with Crippen molar-refractivity contribution in [2.45, 2.75) is 4.90 Å². The van der Waals surface area contributed by atoms with Crippen LogP contribution in [0.2, 0.25) is 5.02 Å². The van der Waals surface area contributed by atoms with E-state index in [0.29, 0.717) is 46.5 Å². The van der Waals surface area contributed by atoms with Crippen LogP contribution in [0.3, 0.4) is 0 Å². The molecule has 1 saturated heterocycles. The van der Waals surface area contributed by atoms with Crippen LogP contribution in [-0.4, -0.2) is 55.0 Å². The van der Waals surface area contributed by atoms with Crippen LogP contribution in [-0.2, 0) is 20.6 Å². The zero-order valence-corrected chi connectivity index (χ0v) is 19.2. The molecule has 9 heteroatoms. The van der Waals surface area contributed by atoms with Gasteiger partial charge in [0.15, 0.2) is 5.78 Å². The van der Waals surface area contributed by atoms with Gasteiger partial charge in [-0.1, -0.05) is 23.8 Å². The maximum Gasteiger partial charge on any atom is 0.196 e. The number of morpholine rings is 1. The lowest BCUT2D eigenvalue weighted by Crippen LogP contribution is -2.36. The van der Waals surface area contributed by atoms with Crippen LogP contribution in [0.5, 0.6) is 0 Å². The number of nitrogens with zero attached hydrogens (tertiary/aromatic N) is 2. The highest BCUT2D eigenvalue weighted by Crippen LogP contribution is 2.27. The Balaban J connectivity index is 1.53. The van der Waals surface area contributed by atoms with Crippen molar-refractivity contribution in [3.05, 3.63) is 77.0 Å². The number of halogens is 1. The highest BCUT2D eigenvalue weighted by molar-refractivity contribution is 7.86. The third kappa shape index (κ3) is 5.21. The number of hydrogen-bond acceptors (Lipinski definition) is 6. The lowest BCUT2D eigenvalue weighted by molar-refractivity contribution is -0.0796. The average molecular weight is 474 g/mol. The van der Waals surface area contributed by atoms with Crippen LogP contribution >= 0.6 is 11.6 Å². The molecule has 7 nitrogen and oxygen atoms in total. The van der Waals surface area contributed by atoms with Crippen molar-refractivity contribution in [1.82, 2.24) is 5.06 Å². The molecule has 1 atom stereocenters. The van der Waals surface area contributed by atoms with E-state index < -0.39 is 11.0 Å². The second-order valence-corrected chi connectivity index (χ2v) is 8.90. The second kappa shape index (κ2) is 10.3. The quantitative estimate of drug-likeness (QED) is 0.616. The van der Waals surface area contributed by atoms with Gasteiger partial charge in [0.25, 0.3) is 0 Å². The smallest absolute Gasteiger partial charge is 0.196 e. The maximum atomic E-state index is 13.2. The summed E-state index contributed by atoms with van der Waals surface area (Å²) in [4.78, 5) is 21.2. The number of anilines is 2. The van der Waals surface area contributed by atoms with Gasteiger partial charge in [0.1, 0.15) is 11.0 Å². The molecule has 1 fully saturated rings. The molecular formula is C23H24ClN3O4S. The summed E-state index contributed by atoms with van der Waals surface area (Å²) in [5.74, 6) is -0.243. The van der Waals surface area contributed by atoms with Crippen molar-refractivity contribution < 1.29 is 18.6 Å². The van der Waals surface area contributed by atoms with Crippen LogP contribution in [0.25, 0.3) is 0 Å². The molecule has 32 heavy (non-hydrogen) atoms. The molecule has 2 aliphatic heterocycles. The first-order valence-corrected chi connectivity index (χ1v) is 11.7. The Hall–Kier alpha value is -2.65. The van der Waals surface area contributed by atoms with Crippen molar-refractivity contribution >= 4 is 39.7 Å². The lowest BCUT2D eigenvalue weighted by atomic mass is 10.0. The van der Waals surface area contributed by atoms with Crippen molar-refractivity contribution in [3.63, 3.8) is 0 Å². The summed E-state index contributed by atoms with van der Waals surface area (Å²) >= 11 is 6.16. The van der Waals surface area contributed by atoms with Crippen LogP contribution in [0, 0.1) is 0 Å². The molecule has 2 aromatic rings. The zero-order chi connectivity index (χ0) is 22.5. The standard InChI is InChI=1S/C23H24ClN3O4S/c1-30-27-10-2-3-17(16-27)23(28)21-15-18(24)4-9-22(21)25-32(29)20-7-5-19(6-8-20)26-11-13-31-14-12-26/h2-9,15-16,25H,10-14H2,1H3. The van der Waals surface area contributed by atoms with Gasteiger partial charge in [-0.05, 0) is 42.5 Å². The minimum absolute atomic E-state index is 0.243. The molecule has 2 heterocycles. The molecule has 2 aromatic carbocycles. The van der Waals surface area contributed by atoms with E-state index in [9.17, 15) is 9.00 Å². The van der Waals surface area contributed by atoms with E-state index in [0.717, 1.165) is 18.8 Å². The van der Waals surface area contributed by atoms with Crippen molar-refractivity contribution in [1.29, 1.82) is 0 Å². The molecule has 4 rings (SSSR count). The summed E-state index contributed by atoms with van der Waals surface area (Å²) in [7, 11) is -0.0164. The molecule has 0 radical (unpaired) electrons. The predicted molar refractivity (Wildman–Crippen MR) is 126 cm³/mol. The minimum atomic E-state index is -1.56. The van der Waals surface area contributed by atoms with Crippen LogP contribution < -0.4 is 9.62 Å². The summed E-state index contributed by atoms with van der Waals surface area (Å²) in [5.41, 5.74) is 2.29. The molecular weight excluding hydrogens is 450 g/mol. The monoisotopic (exact) mass is 473 g/mol. The van der Waals surface area contributed by atoms with E-state index in [1.807, 2.05) is 30.3 Å². The second-order valence-electron chi connectivity index (χ2n) is 7.25. The van der Waals surface area contributed by atoms with Crippen molar-refractivity contribution in [3.8, 4) is 0 Å². The number of ether oxygens (including phenoxy) is 1. The van der Waals surface area contributed by atoms with Gasteiger partial charge in [-0.15, -0.1) is 0 Å². The molecule has 0 aromatic heterocycles. The topological polar surface area (TPSA) is 71.1 Å². The Labute approximate surface area is 194 Å².